The molecule has 3 rings (SSSR count). The van der Waals surface area contributed by atoms with Crippen LogP contribution in [0.1, 0.15) is 5.56 Å². The van der Waals surface area contributed by atoms with Gasteiger partial charge in [0.05, 0.1) is 27.9 Å². The summed E-state index contributed by atoms with van der Waals surface area (Å²) in [6.07, 6.45) is -0.234. The zero-order valence-electron chi connectivity index (χ0n) is 17.1. The smallest absolute Gasteiger partial charge is 0.317 e. The molecular formula is C21H26N2O6. The second-order valence-electron chi connectivity index (χ2n) is 6.57. The number of benzene rings is 2. The van der Waals surface area contributed by atoms with E-state index in [2.05, 4.69) is 5.32 Å². The molecule has 29 heavy (non-hydrogen) atoms. The second kappa shape index (κ2) is 9.27. The van der Waals surface area contributed by atoms with Crippen LogP contribution in [0.5, 0.6) is 28.7 Å². The second-order valence-corrected chi connectivity index (χ2v) is 6.57. The van der Waals surface area contributed by atoms with E-state index in [1.165, 1.54) is 0 Å². The van der Waals surface area contributed by atoms with Gasteiger partial charge in [0.1, 0.15) is 6.61 Å². The lowest BCUT2D eigenvalue weighted by Gasteiger charge is -2.29. The first-order valence-electron chi connectivity index (χ1n) is 9.22. The number of nitrogens with zero attached hydrogens (tertiary/aromatic N) is 1. The van der Waals surface area contributed by atoms with Gasteiger partial charge in [-0.2, -0.15) is 0 Å². The van der Waals surface area contributed by atoms with E-state index in [1.54, 1.807) is 45.4 Å². The van der Waals surface area contributed by atoms with Gasteiger partial charge in [-0.25, -0.2) is 4.79 Å². The lowest BCUT2D eigenvalue weighted by atomic mass is 10.2. The number of amides is 2. The Bertz CT molecular complexity index is 832. The minimum atomic E-state index is -0.234. The average molecular weight is 402 g/mol. The number of fused-ring (bicyclic) bond motifs is 1. The van der Waals surface area contributed by atoms with Crippen LogP contribution in [0, 0.1) is 0 Å². The monoisotopic (exact) mass is 402 g/mol. The maximum absolute atomic E-state index is 12.5. The van der Waals surface area contributed by atoms with Crippen molar-refractivity contribution in [3.05, 3.63) is 42.0 Å². The van der Waals surface area contributed by atoms with Gasteiger partial charge in [0.15, 0.2) is 29.1 Å². The summed E-state index contributed by atoms with van der Waals surface area (Å²) in [6, 6.07) is 10.9. The first-order chi connectivity index (χ1) is 14.0. The van der Waals surface area contributed by atoms with Crippen LogP contribution in [0.4, 0.5) is 4.79 Å². The van der Waals surface area contributed by atoms with Crippen molar-refractivity contribution in [1.29, 1.82) is 0 Å². The third-order valence-electron chi connectivity index (χ3n) is 4.56. The van der Waals surface area contributed by atoms with Crippen LogP contribution < -0.4 is 29.0 Å². The van der Waals surface area contributed by atoms with Crippen molar-refractivity contribution in [1.82, 2.24) is 10.2 Å². The van der Waals surface area contributed by atoms with E-state index in [0.717, 1.165) is 11.3 Å². The standard InChI is InChI=1S/C21H26N2O6/c1-23(12-15-13-28-16-7-5-6-8-17(16)29-15)21(24)22-11-14-9-18(25-2)20(27-4)19(10-14)26-3/h5-10,15H,11-13H2,1-4H3,(H,22,24)/t15-/m1/s1. The Kier molecular flexibility index (Phi) is 6.54. The van der Waals surface area contributed by atoms with Gasteiger partial charge in [-0.15, -0.1) is 0 Å². The minimum absolute atomic E-state index is 0.221. The van der Waals surface area contributed by atoms with Gasteiger partial charge in [0.25, 0.3) is 0 Å². The van der Waals surface area contributed by atoms with Gasteiger partial charge in [-0.05, 0) is 29.8 Å². The van der Waals surface area contributed by atoms with Crippen LogP contribution in [-0.2, 0) is 6.54 Å². The maximum atomic E-state index is 12.5. The van der Waals surface area contributed by atoms with Gasteiger partial charge < -0.3 is 33.9 Å². The number of para-hydroxylation sites is 2. The molecule has 1 aliphatic heterocycles. The number of likely N-dealkylation sites (N-methyl/N-ethyl adjacent to an activating group) is 1. The fourth-order valence-electron chi connectivity index (χ4n) is 3.09. The Morgan fingerprint density at radius 2 is 1.76 bits per heavy atom. The Balaban J connectivity index is 1.57. The Hall–Kier alpha value is -3.29. The van der Waals surface area contributed by atoms with Crippen LogP contribution in [0.25, 0.3) is 0 Å². The molecule has 2 aromatic carbocycles. The Morgan fingerprint density at radius 3 is 2.38 bits per heavy atom. The lowest BCUT2D eigenvalue weighted by molar-refractivity contribution is 0.0715. The number of carbonyl (C=O) groups is 1. The zero-order valence-corrected chi connectivity index (χ0v) is 17.1. The molecular weight excluding hydrogens is 376 g/mol. The van der Waals surface area contributed by atoms with Gasteiger partial charge >= 0.3 is 6.03 Å². The van der Waals surface area contributed by atoms with Gasteiger partial charge in [-0.1, -0.05) is 12.1 Å². The zero-order chi connectivity index (χ0) is 20.8. The van der Waals surface area contributed by atoms with E-state index < -0.39 is 0 Å². The molecule has 1 N–H and O–H groups in total. The average Bonchev–Trinajstić information content (AvgIpc) is 2.76. The van der Waals surface area contributed by atoms with Crippen molar-refractivity contribution >= 4 is 6.03 Å². The van der Waals surface area contributed by atoms with E-state index in [1.807, 2.05) is 24.3 Å². The summed E-state index contributed by atoms with van der Waals surface area (Å²) in [6.45, 7) is 1.10. The molecule has 0 aromatic heterocycles. The fourth-order valence-corrected chi connectivity index (χ4v) is 3.09. The van der Waals surface area contributed by atoms with Crippen molar-refractivity contribution in [2.45, 2.75) is 12.6 Å². The first-order valence-corrected chi connectivity index (χ1v) is 9.22. The van der Waals surface area contributed by atoms with Crippen molar-refractivity contribution in [2.75, 3.05) is 41.5 Å². The summed E-state index contributed by atoms with van der Waals surface area (Å²) in [7, 11) is 6.37. The Morgan fingerprint density at radius 1 is 1.10 bits per heavy atom. The van der Waals surface area contributed by atoms with Crippen LogP contribution in [0.15, 0.2) is 36.4 Å². The Labute approximate surface area is 170 Å². The van der Waals surface area contributed by atoms with Crippen molar-refractivity contribution in [2.24, 2.45) is 0 Å². The van der Waals surface area contributed by atoms with Gasteiger partial charge in [0, 0.05) is 13.6 Å². The van der Waals surface area contributed by atoms with E-state index in [4.69, 9.17) is 23.7 Å². The number of methoxy groups -OCH3 is 3. The summed E-state index contributed by atoms with van der Waals surface area (Å²) in [5.41, 5.74) is 0.826. The molecule has 0 spiro atoms. The molecule has 0 saturated carbocycles. The molecule has 1 heterocycles. The highest BCUT2D eigenvalue weighted by molar-refractivity contribution is 5.74. The van der Waals surface area contributed by atoms with Crippen LogP contribution in [0.3, 0.4) is 0 Å². The molecule has 8 heteroatoms. The predicted molar refractivity (Wildman–Crippen MR) is 107 cm³/mol. The molecule has 1 atom stereocenters. The van der Waals surface area contributed by atoms with Crippen LogP contribution in [0.2, 0.25) is 0 Å². The highest BCUT2D eigenvalue weighted by Gasteiger charge is 2.23. The molecule has 0 saturated heterocycles. The number of ether oxygens (including phenoxy) is 5. The van der Waals surface area contributed by atoms with Crippen molar-refractivity contribution < 1.29 is 28.5 Å². The summed E-state index contributed by atoms with van der Waals surface area (Å²) < 4.78 is 27.6. The minimum Gasteiger partial charge on any atom is -0.493 e. The predicted octanol–water partition coefficient (Wildman–Crippen LogP) is 2.69. The molecule has 0 fully saturated rings. The quantitative estimate of drug-likeness (QED) is 0.767. The molecule has 1 aliphatic rings. The van der Waals surface area contributed by atoms with Crippen LogP contribution >= 0.6 is 0 Å². The first kappa shape index (κ1) is 20.4. The van der Waals surface area contributed by atoms with Crippen LogP contribution in [-0.4, -0.2) is 58.6 Å². The third-order valence-corrected chi connectivity index (χ3v) is 4.56. The highest BCUT2D eigenvalue weighted by Crippen LogP contribution is 2.38. The molecule has 0 unspecified atom stereocenters. The number of hydrogen-bond donors (Lipinski definition) is 1. The number of nitrogens with one attached hydrogen (secondary N) is 1. The molecule has 156 valence electrons. The van der Waals surface area contributed by atoms with E-state index >= 15 is 0 Å². The van der Waals surface area contributed by atoms with Gasteiger partial charge in [-0.3, -0.25) is 0 Å². The maximum Gasteiger partial charge on any atom is 0.317 e. The molecule has 0 bridgehead atoms. The molecule has 2 amide bonds. The molecule has 8 nitrogen and oxygen atoms in total. The lowest BCUT2D eigenvalue weighted by Crippen LogP contribution is -2.45. The highest BCUT2D eigenvalue weighted by atomic mass is 16.6. The number of urea groups is 1. The number of rotatable bonds is 7. The normalized spacial score (nSPS) is 14.7. The molecule has 0 aliphatic carbocycles. The van der Waals surface area contributed by atoms with E-state index in [0.29, 0.717) is 42.7 Å². The fraction of sp³-hybridized carbons (Fsp3) is 0.381. The number of carbonyl (C=O) groups excluding carboxylic acids is 1. The molecule has 2 aromatic rings. The number of hydrogen-bond acceptors (Lipinski definition) is 6. The van der Waals surface area contributed by atoms with E-state index in [9.17, 15) is 4.79 Å². The molecule has 0 radical (unpaired) electrons. The third kappa shape index (κ3) is 4.77. The van der Waals surface area contributed by atoms with Gasteiger partial charge in [0.2, 0.25) is 5.75 Å². The SMILES string of the molecule is COc1cc(CNC(=O)N(C)C[C@@H]2COc3ccccc3O2)cc(OC)c1OC. The largest absolute Gasteiger partial charge is 0.493 e. The van der Waals surface area contributed by atoms with Crippen molar-refractivity contribution in [3.63, 3.8) is 0 Å². The summed E-state index contributed by atoms with van der Waals surface area (Å²) >= 11 is 0. The van der Waals surface area contributed by atoms with Crippen molar-refractivity contribution in [3.8, 4) is 28.7 Å². The topological polar surface area (TPSA) is 78.5 Å². The van der Waals surface area contributed by atoms with E-state index in [-0.39, 0.29) is 12.1 Å². The summed E-state index contributed by atoms with van der Waals surface area (Å²) in [5.74, 6) is 3.00. The summed E-state index contributed by atoms with van der Waals surface area (Å²) in [4.78, 5) is 14.1. The summed E-state index contributed by atoms with van der Waals surface area (Å²) in [5, 5.41) is 2.89.